The van der Waals surface area contributed by atoms with Crippen molar-refractivity contribution in [2.45, 2.75) is 26.2 Å². The van der Waals surface area contributed by atoms with E-state index in [1.54, 1.807) is 0 Å². The Hall–Kier alpha value is -5.31. The van der Waals surface area contributed by atoms with E-state index in [1.165, 1.54) is 0 Å². The molecule has 0 aliphatic rings. The van der Waals surface area contributed by atoms with Crippen molar-refractivity contribution in [3.63, 3.8) is 0 Å². The zero-order valence-corrected chi connectivity index (χ0v) is 29.6. The third-order valence-corrected chi connectivity index (χ3v) is 8.57. The van der Waals surface area contributed by atoms with Crippen LogP contribution in [0.4, 0.5) is 0 Å². The predicted octanol–water partition coefficient (Wildman–Crippen LogP) is 11.7. The standard InChI is InChI=1S/C44H32N2O2.Pt/c1-44(2,3)33-27-38(31-19-11-6-12-20-31)45-41(28-33)47-40-26-32(29-15-7-4-8-16-29)25-39(46-40)37-24-14-23-36-35-22-13-21-34(42(35)48-43(36)37)30-17-9-5-10-18-30;/h4-19,21-23,25-28H,1-3H3;/q-2;+2. The number of benzene rings is 5. The minimum atomic E-state index is -0.125. The summed E-state index contributed by atoms with van der Waals surface area (Å²) in [5, 5.41) is 2.06. The number of rotatable bonds is 6. The van der Waals surface area contributed by atoms with Crippen molar-refractivity contribution in [3.8, 4) is 56.5 Å². The quantitative estimate of drug-likeness (QED) is 0.157. The zero-order chi connectivity index (χ0) is 32.7. The van der Waals surface area contributed by atoms with Crippen LogP contribution in [0.1, 0.15) is 26.3 Å². The van der Waals surface area contributed by atoms with Gasteiger partial charge in [0.25, 0.3) is 0 Å². The number of nitrogens with zero attached hydrogens (tertiary/aromatic N) is 2. The molecule has 0 bridgehead atoms. The molecule has 8 rings (SSSR count). The van der Waals surface area contributed by atoms with Gasteiger partial charge in [-0.15, -0.1) is 54.1 Å². The molecular formula is C44H32N2O2Pt. The molecule has 0 fully saturated rings. The Morgan fingerprint density at radius 2 is 1.27 bits per heavy atom. The maximum Gasteiger partial charge on any atom is 2.00 e. The number of para-hydroxylation sites is 1. The van der Waals surface area contributed by atoms with Gasteiger partial charge in [0.05, 0.1) is 5.58 Å². The predicted molar refractivity (Wildman–Crippen MR) is 194 cm³/mol. The van der Waals surface area contributed by atoms with E-state index in [-0.39, 0.29) is 26.5 Å². The van der Waals surface area contributed by atoms with Gasteiger partial charge in [-0.2, -0.15) is 0 Å². The van der Waals surface area contributed by atoms with Gasteiger partial charge in [-0.3, -0.25) is 9.97 Å². The van der Waals surface area contributed by atoms with Crippen molar-refractivity contribution in [2.24, 2.45) is 0 Å². The molecule has 3 aromatic heterocycles. The number of fused-ring (bicyclic) bond motifs is 3. The molecule has 0 saturated heterocycles. The average molecular weight is 816 g/mol. The Labute approximate surface area is 300 Å². The fraction of sp³-hybridized carbons (Fsp3) is 0.0909. The van der Waals surface area contributed by atoms with Gasteiger partial charge in [0, 0.05) is 23.1 Å². The second-order valence-corrected chi connectivity index (χ2v) is 12.9. The van der Waals surface area contributed by atoms with Crippen LogP contribution in [-0.2, 0) is 26.5 Å². The van der Waals surface area contributed by atoms with Crippen molar-refractivity contribution < 1.29 is 30.2 Å². The van der Waals surface area contributed by atoms with Gasteiger partial charge in [0.15, 0.2) is 0 Å². The van der Waals surface area contributed by atoms with Crippen LogP contribution in [0.15, 0.2) is 144 Å². The summed E-state index contributed by atoms with van der Waals surface area (Å²) in [4.78, 5) is 9.97. The third-order valence-electron chi connectivity index (χ3n) is 8.57. The Morgan fingerprint density at radius 1 is 0.571 bits per heavy atom. The van der Waals surface area contributed by atoms with Gasteiger partial charge in [-0.25, -0.2) is 0 Å². The molecule has 0 aliphatic heterocycles. The molecule has 0 amide bonds. The molecule has 0 spiro atoms. The van der Waals surface area contributed by atoms with Gasteiger partial charge in [0.1, 0.15) is 5.58 Å². The van der Waals surface area contributed by atoms with E-state index in [2.05, 4.69) is 93.6 Å². The van der Waals surface area contributed by atoms with E-state index in [0.29, 0.717) is 17.5 Å². The molecule has 0 aliphatic carbocycles. The number of pyridine rings is 2. The van der Waals surface area contributed by atoms with Gasteiger partial charge in [0.2, 0.25) is 11.8 Å². The topological polar surface area (TPSA) is 48.2 Å². The largest absolute Gasteiger partial charge is 2.00 e. The van der Waals surface area contributed by atoms with Crippen molar-refractivity contribution >= 4 is 21.9 Å². The number of ether oxygens (including phenoxy) is 1. The van der Waals surface area contributed by atoms with Crippen LogP contribution < -0.4 is 4.74 Å². The van der Waals surface area contributed by atoms with Crippen molar-refractivity contribution in [1.29, 1.82) is 0 Å². The molecule has 0 atom stereocenters. The summed E-state index contributed by atoms with van der Waals surface area (Å²) in [6.45, 7) is 6.55. The molecule has 49 heavy (non-hydrogen) atoms. The van der Waals surface area contributed by atoms with Crippen LogP contribution in [0.5, 0.6) is 11.8 Å². The minimum Gasteiger partial charge on any atom is -0.500 e. The van der Waals surface area contributed by atoms with Crippen molar-refractivity contribution in [1.82, 2.24) is 9.97 Å². The molecule has 3 heterocycles. The van der Waals surface area contributed by atoms with Gasteiger partial charge in [-0.05, 0) is 39.1 Å². The number of aromatic nitrogens is 2. The van der Waals surface area contributed by atoms with E-state index in [9.17, 15) is 0 Å². The van der Waals surface area contributed by atoms with E-state index in [4.69, 9.17) is 19.1 Å². The normalized spacial score (nSPS) is 11.4. The molecule has 240 valence electrons. The minimum absolute atomic E-state index is 0. The van der Waals surface area contributed by atoms with Crippen LogP contribution in [-0.4, -0.2) is 9.97 Å². The molecule has 5 heteroatoms. The smallest absolute Gasteiger partial charge is 0.500 e. The summed E-state index contributed by atoms with van der Waals surface area (Å²) in [7, 11) is 0. The molecule has 4 nitrogen and oxygen atoms in total. The first-order valence-electron chi connectivity index (χ1n) is 16.1. The molecular weight excluding hydrogens is 784 g/mol. The van der Waals surface area contributed by atoms with E-state index in [0.717, 1.165) is 66.6 Å². The van der Waals surface area contributed by atoms with Gasteiger partial charge >= 0.3 is 21.1 Å². The van der Waals surface area contributed by atoms with Crippen LogP contribution in [0.25, 0.3) is 66.7 Å². The van der Waals surface area contributed by atoms with Crippen LogP contribution in [0.3, 0.4) is 0 Å². The van der Waals surface area contributed by atoms with E-state index in [1.807, 2.05) is 78.9 Å². The van der Waals surface area contributed by atoms with Crippen molar-refractivity contribution in [3.05, 3.63) is 157 Å². The summed E-state index contributed by atoms with van der Waals surface area (Å²) < 4.78 is 13.3. The van der Waals surface area contributed by atoms with E-state index >= 15 is 0 Å². The first-order chi connectivity index (χ1) is 23.4. The third kappa shape index (κ3) is 6.45. The first-order valence-corrected chi connectivity index (χ1v) is 16.1. The van der Waals surface area contributed by atoms with E-state index < -0.39 is 0 Å². The number of hydrogen-bond donors (Lipinski definition) is 0. The Bertz CT molecular complexity index is 2400. The molecule has 8 aromatic rings. The molecule has 0 unspecified atom stereocenters. The van der Waals surface area contributed by atoms with Gasteiger partial charge in [-0.1, -0.05) is 123 Å². The van der Waals surface area contributed by atoms with Crippen LogP contribution >= 0.6 is 0 Å². The van der Waals surface area contributed by atoms with Crippen molar-refractivity contribution in [2.75, 3.05) is 0 Å². The maximum atomic E-state index is 6.72. The van der Waals surface area contributed by atoms with Crippen LogP contribution in [0.2, 0.25) is 0 Å². The second kappa shape index (κ2) is 13.3. The summed E-state index contributed by atoms with van der Waals surface area (Å²) in [5.41, 5.74) is 9.86. The molecule has 0 N–H and O–H groups in total. The summed E-state index contributed by atoms with van der Waals surface area (Å²) >= 11 is 0. The Morgan fingerprint density at radius 3 is 2.00 bits per heavy atom. The number of hydrogen-bond acceptors (Lipinski definition) is 4. The average Bonchev–Trinajstić information content (AvgIpc) is 3.51. The maximum absolute atomic E-state index is 6.72. The fourth-order valence-electron chi connectivity index (χ4n) is 6.07. The first kappa shape index (κ1) is 32.2. The Kier molecular flexibility index (Phi) is 8.75. The fourth-order valence-corrected chi connectivity index (χ4v) is 6.07. The Balaban J connectivity index is 0.00000378. The number of furan rings is 1. The summed E-state index contributed by atoms with van der Waals surface area (Å²) in [5.74, 6) is 0.899. The zero-order valence-electron chi connectivity index (χ0n) is 27.3. The summed E-state index contributed by atoms with van der Waals surface area (Å²) in [6.07, 6.45) is 0. The monoisotopic (exact) mass is 815 g/mol. The molecule has 0 radical (unpaired) electrons. The van der Waals surface area contributed by atoms with Gasteiger partial charge < -0.3 is 9.15 Å². The SMILES string of the molecule is CC(C)(C)c1cc(Oc2cc(-c3ccccc3)cc(-c3[c-]ccc4c3oc3c(-c5ccccc5)cccc34)n2)nc(-c2[c-]cccc2)c1.[Pt+2]. The summed E-state index contributed by atoms with van der Waals surface area (Å²) in [6, 6.07) is 53.6. The molecule has 0 saturated carbocycles. The molecule has 5 aromatic carbocycles. The van der Waals surface area contributed by atoms with Crippen LogP contribution in [0, 0.1) is 12.1 Å². The second-order valence-electron chi connectivity index (χ2n) is 12.9.